The molecule has 25 heavy (non-hydrogen) atoms. The zero-order valence-electron chi connectivity index (χ0n) is 13.1. The summed E-state index contributed by atoms with van der Waals surface area (Å²) in [4.78, 5) is 26.9. The number of hydrogen-bond donors (Lipinski definition) is 1. The predicted octanol–water partition coefficient (Wildman–Crippen LogP) is 4.51. The van der Waals surface area contributed by atoms with Crippen molar-refractivity contribution in [3.05, 3.63) is 64.6 Å². The smallest absolute Gasteiger partial charge is 0.335 e. The topological polar surface area (TPSA) is 57.6 Å². The fourth-order valence-corrected chi connectivity index (χ4v) is 4.03. The molecule has 2 aromatic carbocycles. The first-order valence-electron chi connectivity index (χ1n) is 7.25. The molecule has 1 aliphatic rings. The van der Waals surface area contributed by atoms with Crippen molar-refractivity contribution in [1.82, 2.24) is 0 Å². The predicted molar refractivity (Wildman–Crippen MR) is 107 cm³/mol. The summed E-state index contributed by atoms with van der Waals surface area (Å²) >= 11 is 8.18. The first-order chi connectivity index (χ1) is 12.0. The first-order valence-corrected chi connectivity index (χ1v) is 9.70. The highest BCUT2D eigenvalue weighted by molar-refractivity contribution is 8.27. The summed E-state index contributed by atoms with van der Waals surface area (Å²) in [5.74, 6) is -1.29. The number of hydrogen-bond acceptors (Lipinski definition) is 5. The minimum atomic E-state index is -1.04. The van der Waals surface area contributed by atoms with Gasteiger partial charge in [-0.2, -0.15) is 0 Å². The van der Waals surface area contributed by atoms with E-state index in [9.17, 15) is 9.59 Å². The van der Waals surface area contributed by atoms with E-state index >= 15 is 0 Å². The van der Waals surface area contributed by atoms with E-state index in [2.05, 4.69) is 0 Å². The van der Waals surface area contributed by atoms with E-state index in [1.54, 1.807) is 30.0 Å². The molecule has 4 nitrogen and oxygen atoms in total. The molecule has 0 saturated carbocycles. The fourth-order valence-electron chi connectivity index (χ4n) is 2.32. The number of anilines is 1. The van der Waals surface area contributed by atoms with Crippen LogP contribution in [0.3, 0.4) is 0 Å². The van der Waals surface area contributed by atoms with Crippen LogP contribution in [0.4, 0.5) is 5.69 Å². The zero-order chi connectivity index (χ0) is 18.0. The largest absolute Gasteiger partial charge is 0.478 e. The van der Waals surface area contributed by atoms with Gasteiger partial charge in [-0.15, -0.1) is 11.8 Å². The van der Waals surface area contributed by atoms with Gasteiger partial charge < -0.3 is 5.11 Å². The number of thioether (sulfide) groups is 2. The SMILES string of the molecule is CSc1ccc(/C=C2\SC(=S)N(c3cccc(C(=O)O)c3)C2=O)cc1. The summed E-state index contributed by atoms with van der Waals surface area (Å²) < 4.78 is 0.388. The number of benzene rings is 2. The quantitative estimate of drug-likeness (QED) is 0.473. The highest BCUT2D eigenvalue weighted by atomic mass is 32.2. The van der Waals surface area contributed by atoms with Crippen LogP contribution in [0.1, 0.15) is 15.9 Å². The van der Waals surface area contributed by atoms with Crippen molar-refractivity contribution in [2.45, 2.75) is 4.90 Å². The lowest BCUT2D eigenvalue weighted by atomic mass is 10.2. The highest BCUT2D eigenvalue weighted by Gasteiger charge is 2.33. The Morgan fingerprint density at radius 3 is 2.60 bits per heavy atom. The number of nitrogens with zero attached hydrogens (tertiary/aromatic N) is 1. The molecule has 1 aliphatic heterocycles. The minimum Gasteiger partial charge on any atom is -0.478 e. The van der Waals surface area contributed by atoms with Gasteiger partial charge in [0.2, 0.25) is 0 Å². The van der Waals surface area contributed by atoms with Gasteiger partial charge in [0.15, 0.2) is 4.32 Å². The molecule has 0 aliphatic carbocycles. The number of aromatic carboxylic acids is 1. The van der Waals surface area contributed by atoms with Crippen LogP contribution in [0.2, 0.25) is 0 Å². The lowest BCUT2D eigenvalue weighted by Gasteiger charge is -2.14. The zero-order valence-corrected chi connectivity index (χ0v) is 15.6. The van der Waals surface area contributed by atoms with Crippen LogP contribution in [0.5, 0.6) is 0 Å². The summed E-state index contributed by atoms with van der Waals surface area (Å²) in [7, 11) is 0. The van der Waals surface area contributed by atoms with Crippen molar-refractivity contribution >= 4 is 63.7 Å². The number of carboxylic acids is 1. The molecule has 0 unspecified atom stereocenters. The van der Waals surface area contributed by atoms with Crippen LogP contribution in [-0.4, -0.2) is 27.6 Å². The van der Waals surface area contributed by atoms with Crippen molar-refractivity contribution in [2.75, 3.05) is 11.2 Å². The molecule has 0 atom stereocenters. The lowest BCUT2D eigenvalue weighted by Crippen LogP contribution is -2.27. The molecule has 0 aromatic heterocycles. The first kappa shape index (κ1) is 17.7. The maximum Gasteiger partial charge on any atom is 0.335 e. The fraction of sp³-hybridized carbons (Fsp3) is 0.0556. The van der Waals surface area contributed by atoms with Gasteiger partial charge in [-0.25, -0.2) is 4.79 Å². The Balaban J connectivity index is 1.90. The average Bonchev–Trinajstić information content (AvgIpc) is 2.89. The van der Waals surface area contributed by atoms with E-state index in [1.807, 2.05) is 30.5 Å². The summed E-state index contributed by atoms with van der Waals surface area (Å²) in [6.07, 6.45) is 3.80. The molecule has 0 radical (unpaired) electrons. The minimum absolute atomic E-state index is 0.114. The van der Waals surface area contributed by atoms with Gasteiger partial charge in [0.1, 0.15) is 0 Å². The van der Waals surface area contributed by atoms with E-state index in [1.165, 1.54) is 28.8 Å². The van der Waals surface area contributed by atoms with Gasteiger partial charge in [-0.3, -0.25) is 9.69 Å². The molecule has 126 valence electrons. The van der Waals surface area contributed by atoms with Crippen LogP contribution < -0.4 is 4.90 Å². The maximum atomic E-state index is 12.7. The van der Waals surface area contributed by atoms with E-state index < -0.39 is 5.97 Å². The van der Waals surface area contributed by atoms with Gasteiger partial charge in [0.05, 0.1) is 16.2 Å². The van der Waals surface area contributed by atoms with Gasteiger partial charge in [0.25, 0.3) is 5.91 Å². The van der Waals surface area contributed by atoms with E-state index in [0.29, 0.717) is 14.9 Å². The van der Waals surface area contributed by atoms with Crippen LogP contribution in [0.15, 0.2) is 58.3 Å². The Labute approximate surface area is 158 Å². The number of carbonyl (C=O) groups is 2. The second-order valence-corrected chi connectivity index (χ2v) is 7.70. The van der Waals surface area contributed by atoms with Gasteiger partial charge in [-0.1, -0.05) is 42.2 Å². The summed E-state index contributed by atoms with van der Waals surface area (Å²) in [6.45, 7) is 0. The van der Waals surface area contributed by atoms with E-state index in [-0.39, 0.29) is 11.5 Å². The van der Waals surface area contributed by atoms with Crippen LogP contribution in [0, 0.1) is 0 Å². The van der Waals surface area contributed by atoms with Crippen molar-refractivity contribution in [3.8, 4) is 0 Å². The number of thiocarbonyl (C=S) groups is 1. The molecule has 2 aromatic rings. The summed E-state index contributed by atoms with van der Waals surface area (Å²) in [6, 6.07) is 14.1. The third kappa shape index (κ3) is 3.78. The van der Waals surface area contributed by atoms with Crippen LogP contribution >= 0.6 is 35.7 Å². The molecule has 1 fully saturated rings. The normalized spacial score (nSPS) is 15.9. The number of carbonyl (C=O) groups excluding carboxylic acids is 1. The van der Waals surface area contributed by atoms with Gasteiger partial charge in [0, 0.05) is 4.90 Å². The molecular weight excluding hydrogens is 374 g/mol. The van der Waals surface area contributed by atoms with Crippen LogP contribution in [-0.2, 0) is 4.79 Å². The van der Waals surface area contributed by atoms with E-state index in [0.717, 1.165) is 10.5 Å². The molecule has 7 heteroatoms. The van der Waals surface area contributed by atoms with Gasteiger partial charge >= 0.3 is 5.97 Å². The third-order valence-electron chi connectivity index (χ3n) is 3.56. The molecule has 1 saturated heterocycles. The Hall–Kier alpha value is -2.09. The van der Waals surface area contributed by atoms with Crippen molar-refractivity contribution in [1.29, 1.82) is 0 Å². The van der Waals surface area contributed by atoms with Gasteiger partial charge in [-0.05, 0) is 48.2 Å². The summed E-state index contributed by atoms with van der Waals surface area (Å²) in [5.41, 5.74) is 1.49. The lowest BCUT2D eigenvalue weighted by molar-refractivity contribution is -0.113. The Morgan fingerprint density at radius 2 is 1.96 bits per heavy atom. The Kier molecular flexibility index (Phi) is 5.27. The summed E-state index contributed by atoms with van der Waals surface area (Å²) in [5, 5.41) is 9.12. The monoisotopic (exact) mass is 387 g/mol. The van der Waals surface area contributed by atoms with Crippen molar-refractivity contribution < 1.29 is 14.7 Å². The standard InChI is InChI=1S/C18H13NO3S3/c1-24-14-7-5-11(6-8-14)9-15-16(20)19(18(23)25-15)13-4-2-3-12(10-13)17(21)22/h2-10H,1H3,(H,21,22)/b15-9-. The maximum absolute atomic E-state index is 12.7. The molecule has 1 amide bonds. The van der Waals surface area contributed by atoms with Crippen molar-refractivity contribution in [3.63, 3.8) is 0 Å². The Bertz CT molecular complexity index is 891. The number of rotatable bonds is 4. The molecule has 1 heterocycles. The molecule has 0 bridgehead atoms. The average molecular weight is 388 g/mol. The second kappa shape index (κ2) is 7.43. The number of carboxylic acid groups (broad SMARTS) is 1. The van der Waals surface area contributed by atoms with E-state index in [4.69, 9.17) is 17.3 Å². The molecule has 0 spiro atoms. The molecule has 1 N–H and O–H groups in total. The number of amides is 1. The molecular formula is C18H13NO3S3. The second-order valence-electron chi connectivity index (χ2n) is 5.15. The molecule has 3 rings (SSSR count). The van der Waals surface area contributed by atoms with Crippen molar-refractivity contribution in [2.24, 2.45) is 0 Å². The highest BCUT2D eigenvalue weighted by Crippen LogP contribution is 2.36. The Morgan fingerprint density at radius 1 is 1.24 bits per heavy atom. The van der Waals surface area contributed by atoms with Crippen LogP contribution in [0.25, 0.3) is 6.08 Å². The third-order valence-corrected chi connectivity index (χ3v) is 5.60.